The van der Waals surface area contributed by atoms with Crippen LogP contribution < -0.4 is 5.32 Å². The minimum atomic E-state index is 0.569. The molecule has 2 aromatic heterocycles. The molecule has 18 heavy (non-hydrogen) atoms. The highest BCUT2D eigenvalue weighted by molar-refractivity contribution is 7.22. The largest absolute Gasteiger partial charge is 0.444 e. The van der Waals surface area contributed by atoms with Crippen LogP contribution in [-0.4, -0.2) is 9.97 Å². The Hall–Kier alpha value is -1.88. The molecule has 0 unspecified atom stereocenters. The molecule has 5 heteroatoms. The molecule has 1 aromatic carbocycles. The smallest absolute Gasteiger partial charge is 0.213 e. The fourth-order valence-corrected chi connectivity index (χ4v) is 2.55. The van der Waals surface area contributed by atoms with E-state index in [0.717, 1.165) is 22.8 Å². The third-order valence-corrected chi connectivity index (χ3v) is 3.63. The van der Waals surface area contributed by atoms with Gasteiger partial charge in [-0.2, -0.15) is 0 Å². The molecule has 3 aromatic rings. The van der Waals surface area contributed by atoms with Gasteiger partial charge in [-0.1, -0.05) is 30.4 Å². The lowest BCUT2D eigenvalue weighted by atomic mass is 10.3. The van der Waals surface area contributed by atoms with Crippen LogP contribution in [0.4, 0.5) is 5.13 Å². The number of aromatic nitrogens is 2. The predicted molar refractivity (Wildman–Crippen MR) is 72.8 cm³/mol. The summed E-state index contributed by atoms with van der Waals surface area (Å²) in [5.41, 5.74) is 1.02. The molecule has 0 bridgehead atoms. The van der Waals surface area contributed by atoms with Crippen LogP contribution in [0.2, 0.25) is 0 Å². The van der Waals surface area contributed by atoms with Crippen LogP contribution in [0.1, 0.15) is 18.6 Å². The van der Waals surface area contributed by atoms with Crippen molar-refractivity contribution in [1.82, 2.24) is 9.97 Å². The van der Waals surface area contributed by atoms with Crippen LogP contribution in [0.3, 0.4) is 0 Å². The maximum absolute atomic E-state index is 5.53. The van der Waals surface area contributed by atoms with Crippen molar-refractivity contribution in [2.24, 2.45) is 0 Å². The van der Waals surface area contributed by atoms with Crippen molar-refractivity contribution in [2.75, 3.05) is 5.32 Å². The van der Waals surface area contributed by atoms with Gasteiger partial charge in [0.25, 0.3) is 0 Å². The second-order valence-electron chi connectivity index (χ2n) is 3.91. The average molecular weight is 259 g/mol. The van der Waals surface area contributed by atoms with Crippen LogP contribution in [0.15, 0.2) is 34.9 Å². The van der Waals surface area contributed by atoms with Crippen LogP contribution in [0, 0.1) is 0 Å². The maximum Gasteiger partial charge on any atom is 0.213 e. The summed E-state index contributed by atoms with van der Waals surface area (Å²) in [6.45, 7) is 2.62. The van der Waals surface area contributed by atoms with E-state index >= 15 is 0 Å². The molecular formula is C13H13N3OS. The van der Waals surface area contributed by atoms with E-state index in [9.17, 15) is 0 Å². The van der Waals surface area contributed by atoms with E-state index in [2.05, 4.69) is 21.4 Å². The van der Waals surface area contributed by atoms with Gasteiger partial charge in [-0.05, 0) is 12.1 Å². The number of nitrogens with zero attached hydrogens (tertiary/aromatic N) is 2. The Balaban J connectivity index is 1.72. The summed E-state index contributed by atoms with van der Waals surface area (Å²) in [5.74, 6) is 1.61. The number of aryl methyl sites for hydroxylation is 1. The Morgan fingerprint density at radius 3 is 3.00 bits per heavy atom. The van der Waals surface area contributed by atoms with Crippen molar-refractivity contribution < 1.29 is 4.42 Å². The summed E-state index contributed by atoms with van der Waals surface area (Å²) in [6, 6.07) is 8.09. The van der Waals surface area contributed by atoms with Gasteiger partial charge in [0.05, 0.1) is 23.0 Å². The molecule has 1 N–H and O–H groups in total. The SMILES string of the molecule is CCc1cnc(CNc2nc3ccccc3s2)o1. The van der Waals surface area contributed by atoms with E-state index in [1.165, 1.54) is 4.70 Å². The third kappa shape index (κ3) is 2.22. The van der Waals surface area contributed by atoms with Crippen molar-refractivity contribution in [3.63, 3.8) is 0 Å². The number of fused-ring (bicyclic) bond motifs is 1. The molecule has 2 heterocycles. The first-order valence-electron chi connectivity index (χ1n) is 5.88. The van der Waals surface area contributed by atoms with Gasteiger partial charge in [-0.3, -0.25) is 0 Å². The number of oxazole rings is 1. The second-order valence-corrected chi connectivity index (χ2v) is 4.94. The standard InChI is InChI=1S/C13H13N3OS/c1-2-9-7-14-12(17-9)8-15-13-16-10-5-3-4-6-11(10)18-13/h3-7H,2,8H2,1H3,(H,15,16). The summed E-state index contributed by atoms with van der Waals surface area (Å²) < 4.78 is 6.71. The Morgan fingerprint density at radius 1 is 1.33 bits per heavy atom. The summed E-state index contributed by atoms with van der Waals surface area (Å²) in [5, 5.41) is 4.13. The summed E-state index contributed by atoms with van der Waals surface area (Å²) in [7, 11) is 0. The first-order chi connectivity index (χ1) is 8.85. The van der Waals surface area contributed by atoms with Gasteiger partial charge in [0, 0.05) is 6.42 Å². The number of rotatable bonds is 4. The highest BCUT2D eigenvalue weighted by Gasteiger charge is 2.05. The molecule has 0 fully saturated rings. The van der Waals surface area contributed by atoms with Crippen molar-refractivity contribution in [1.29, 1.82) is 0 Å². The van der Waals surface area contributed by atoms with Crippen LogP contribution in [0.25, 0.3) is 10.2 Å². The minimum absolute atomic E-state index is 0.569. The van der Waals surface area contributed by atoms with E-state index in [1.807, 2.05) is 25.1 Å². The van der Waals surface area contributed by atoms with E-state index in [4.69, 9.17) is 4.42 Å². The number of para-hydroxylation sites is 1. The van der Waals surface area contributed by atoms with Crippen molar-refractivity contribution >= 4 is 26.7 Å². The van der Waals surface area contributed by atoms with Crippen LogP contribution >= 0.6 is 11.3 Å². The fourth-order valence-electron chi connectivity index (χ4n) is 1.69. The third-order valence-electron chi connectivity index (χ3n) is 2.63. The zero-order chi connectivity index (χ0) is 12.4. The van der Waals surface area contributed by atoms with E-state index in [1.54, 1.807) is 17.5 Å². The van der Waals surface area contributed by atoms with Gasteiger partial charge in [-0.15, -0.1) is 0 Å². The van der Waals surface area contributed by atoms with Gasteiger partial charge in [0.1, 0.15) is 5.76 Å². The fraction of sp³-hybridized carbons (Fsp3) is 0.231. The Bertz CT molecular complexity index is 626. The topological polar surface area (TPSA) is 51.0 Å². The normalized spacial score (nSPS) is 10.9. The minimum Gasteiger partial charge on any atom is -0.444 e. The van der Waals surface area contributed by atoms with Crippen LogP contribution in [0.5, 0.6) is 0 Å². The highest BCUT2D eigenvalue weighted by Crippen LogP contribution is 2.25. The number of thiazole rings is 1. The first kappa shape index (κ1) is 11.2. The van der Waals surface area contributed by atoms with E-state index in [0.29, 0.717) is 12.4 Å². The van der Waals surface area contributed by atoms with E-state index < -0.39 is 0 Å². The number of benzene rings is 1. The number of anilines is 1. The molecule has 0 aliphatic carbocycles. The molecule has 0 amide bonds. The van der Waals surface area contributed by atoms with Crippen molar-refractivity contribution in [2.45, 2.75) is 19.9 Å². The Kier molecular flexibility index (Phi) is 2.98. The zero-order valence-corrected chi connectivity index (χ0v) is 10.8. The lowest BCUT2D eigenvalue weighted by molar-refractivity contribution is 0.466. The molecular weight excluding hydrogens is 246 g/mol. The quantitative estimate of drug-likeness (QED) is 0.779. The maximum atomic E-state index is 5.53. The van der Waals surface area contributed by atoms with Crippen molar-refractivity contribution in [3.05, 3.63) is 42.1 Å². The molecule has 0 saturated heterocycles. The summed E-state index contributed by atoms with van der Waals surface area (Å²) in [6.07, 6.45) is 2.64. The first-order valence-corrected chi connectivity index (χ1v) is 6.70. The predicted octanol–water partition coefficient (Wildman–Crippen LogP) is 3.46. The molecule has 0 aliphatic heterocycles. The van der Waals surface area contributed by atoms with Gasteiger partial charge < -0.3 is 9.73 Å². The Morgan fingerprint density at radius 2 is 2.22 bits per heavy atom. The number of nitrogens with one attached hydrogen (secondary N) is 1. The number of hydrogen-bond acceptors (Lipinski definition) is 5. The van der Waals surface area contributed by atoms with Crippen LogP contribution in [-0.2, 0) is 13.0 Å². The molecule has 3 rings (SSSR count). The average Bonchev–Trinajstić information content (AvgIpc) is 3.02. The number of hydrogen-bond donors (Lipinski definition) is 1. The second kappa shape index (κ2) is 4.78. The summed E-state index contributed by atoms with van der Waals surface area (Å²) >= 11 is 1.64. The zero-order valence-electron chi connectivity index (χ0n) is 10.0. The van der Waals surface area contributed by atoms with Crippen molar-refractivity contribution in [3.8, 4) is 0 Å². The van der Waals surface area contributed by atoms with Gasteiger partial charge in [0.2, 0.25) is 5.89 Å². The van der Waals surface area contributed by atoms with Gasteiger partial charge in [-0.25, -0.2) is 9.97 Å². The Labute approximate surface area is 109 Å². The molecule has 0 spiro atoms. The molecule has 0 aliphatic rings. The highest BCUT2D eigenvalue weighted by atomic mass is 32.1. The monoisotopic (exact) mass is 259 g/mol. The lowest BCUT2D eigenvalue weighted by Crippen LogP contribution is -1.98. The molecule has 92 valence electrons. The van der Waals surface area contributed by atoms with Gasteiger partial charge >= 0.3 is 0 Å². The molecule has 0 saturated carbocycles. The lowest BCUT2D eigenvalue weighted by Gasteiger charge is -1.97. The molecule has 4 nitrogen and oxygen atoms in total. The summed E-state index contributed by atoms with van der Waals surface area (Å²) in [4.78, 5) is 8.70. The van der Waals surface area contributed by atoms with E-state index in [-0.39, 0.29) is 0 Å². The van der Waals surface area contributed by atoms with Gasteiger partial charge in [0.15, 0.2) is 5.13 Å². The molecule has 0 atom stereocenters. The molecule has 0 radical (unpaired) electrons.